The molecule has 3 aromatic rings. The zero-order valence-electron chi connectivity index (χ0n) is 18.6. The Labute approximate surface area is 198 Å². The fourth-order valence-corrected chi connectivity index (χ4v) is 5.31. The first-order valence-corrected chi connectivity index (χ1v) is 13.6. The third-order valence-electron chi connectivity index (χ3n) is 5.39. The maximum atomic E-state index is 13.1. The Morgan fingerprint density at radius 2 is 1.67 bits per heavy atom. The van der Waals surface area contributed by atoms with Crippen LogP contribution in [-0.2, 0) is 10.0 Å². The predicted octanol–water partition coefficient (Wildman–Crippen LogP) is 3.99. The van der Waals surface area contributed by atoms with Gasteiger partial charge in [-0.05, 0) is 62.6 Å². The number of carbonyl (C=O) groups is 1. The molecule has 10 heteroatoms. The molecule has 1 aliphatic heterocycles. The second-order valence-electron chi connectivity index (χ2n) is 8.08. The third-order valence-corrected chi connectivity index (χ3v) is 7.04. The van der Waals surface area contributed by atoms with Gasteiger partial charge in [-0.2, -0.15) is 0 Å². The molecule has 0 amide bonds. The lowest BCUT2D eigenvalue weighted by molar-refractivity contribution is 0.0994. The van der Waals surface area contributed by atoms with Crippen LogP contribution in [0.15, 0.2) is 59.8 Å². The molecule has 174 valence electrons. The standard InChI is InChI=1S/C23H27N5O3S2/c1-17(21(29)18-11-13-19(14-12-18)26-33(2,30)31)32-23-25-24-22(27-15-7-4-8-16-27)28(23)20-9-5-3-6-10-20/h3,5-6,9-14,17,26H,4,7-8,15-16H2,1-2H3. The van der Waals surface area contributed by atoms with Crippen molar-refractivity contribution < 1.29 is 13.2 Å². The van der Waals surface area contributed by atoms with Crippen molar-refractivity contribution in [1.82, 2.24) is 14.8 Å². The molecule has 0 bridgehead atoms. The summed E-state index contributed by atoms with van der Waals surface area (Å²) in [6, 6.07) is 16.4. The first-order chi connectivity index (χ1) is 15.8. The Hall–Kier alpha value is -2.85. The number of piperidine rings is 1. The number of hydrogen-bond donors (Lipinski definition) is 1. The van der Waals surface area contributed by atoms with Crippen LogP contribution in [0.3, 0.4) is 0 Å². The molecule has 0 spiro atoms. The number of carbonyl (C=O) groups excluding carboxylic acids is 1. The molecule has 33 heavy (non-hydrogen) atoms. The minimum Gasteiger partial charge on any atom is -0.341 e. The molecule has 2 heterocycles. The van der Waals surface area contributed by atoms with Crippen LogP contribution in [0, 0.1) is 0 Å². The second-order valence-corrected chi connectivity index (χ2v) is 11.1. The topological polar surface area (TPSA) is 97.2 Å². The van der Waals surface area contributed by atoms with Gasteiger partial charge in [0.1, 0.15) is 0 Å². The minimum atomic E-state index is -3.37. The van der Waals surface area contributed by atoms with Crippen LogP contribution < -0.4 is 9.62 Å². The van der Waals surface area contributed by atoms with Gasteiger partial charge in [0.25, 0.3) is 0 Å². The van der Waals surface area contributed by atoms with E-state index in [-0.39, 0.29) is 5.78 Å². The summed E-state index contributed by atoms with van der Waals surface area (Å²) in [6.45, 7) is 3.73. The molecule has 4 rings (SSSR count). The van der Waals surface area contributed by atoms with E-state index in [1.807, 2.05) is 41.8 Å². The minimum absolute atomic E-state index is 0.0620. The molecule has 1 N–H and O–H groups in total. The van der Waals surface area contributed by atoms with Gasteiger partial charge >= 0.3 is 0 Å². The summed E-state index contributed by atoms with van der Waals surface area (Å²) in [5.74, 6) is 0.743. The molecule has 0 aliphatic carbocycles. The number of hydrogen-bond acceptors (Lipinski definition) is 7. The molecule has 0 radical (unpaired) electrons. The Balaban J connectivity index is 1.56. The fourth-order valence-electron chi connectivity index (χ4n) is 3.80. The summed E-state index contributed by atoms with van der Waals surface area (Å²) in [4.78, 5) is 15.3. The highest BCUT2D eigenvalue weighted by Gasteiger charge is 2.25. The van der Waals surface area contributed by atoms with Crippen LogP contribution in [0.5, 0.6) is 0 Å². The van der Waals surface area contributed by atoms with E-state index >= 15 is 0 Å². The monoisotopic (exact) mass is 485 g/mol. The van der Waals surface area contributed by atoms with Crippen LogP contribution in [0.2, 0.25) is 0 Å². The van der Waals surface area contributed by atoms with Gasteiger partial charge in [0.05, 0.1) is 17.2 Å². The number of rotatable bonds is 8. The van der Waals surface area contributed by atoms with Gasteiger partial charge in [0.2, 0.25) is 16.0 Å². The Morgan fingerprint density at radius 1 is 1.00 bits per heavy atom. The summed E-state index contributed by atoms with van der Waals surface area (Å²) >= 11 is 1.37. The highest BCUT2D eigenvalue weighted by Crippen LogP contribution is 2.31. The molecule has 2 aromatic carbocycles. The van der Waals surface area contributed by atoms with E-state index in [9.17, 15) is 13.2 Å². The molecule has 1 aliphatic rings. The molecule has 1 saturated heterocycles. The summed E-state index contributed by atoms with van der Waals surface area (Å²) in [5.41, 5.74) is 1.89. The number of ketones is 1. The largest absolute Gasteiger partial charge is 0.341 e. The quantitative estimate of drug-likeness (QED) is 0.381. The zero-order valence-corrected chi connectivity index (χ0v) is 20.3. The average Bonchev–Trinajstić information content (AvgIpc) is 3.22. The van der Waals surface area contributed by atoms with Crippen molar-refractivity contribution in [3.63, 3.8) is 0 Å². The van der Waals surface area contributed by atoms with Crippen molar-refractivity contribution in [2.75, 3.05) is 29.0 Å². The lowest BCUT2D eigenvalue weighted by Crippen LogP contribution is -2.31. The Kier molecular flexibility index (Phi) is 7.04. The Bertz CT molecular complexity index is 1200. The summed E-state index contributed by atoms with van der Waals surface area (Å²) in [5, 5.41) is 9.19. The zero-order chi connectivity index (χ0) is 23.4. The molecular weight excluding hydrogens is 458 g/mol. The van der Waals surface area contributed by atoms with Gasteiger partial charge in [-0.15, -0.1) is 10.2 Å². The maximum absolute atomic E-state index is 13.1. The van der Waals surface area contributed by atoms with Crippen LogP contribution >= 0.6 is 11.8 Å². The number of thioether (sulfide) groups is 1. The predicted molar refractivity (Wildman–Crippen MR) is 132 cm³/mol. The molecule has 1 fully saturated rings. The number of Topliss-reactive ketones (excluding diaryl/α,β-unsaturated/α-hetero) is 1. The number of nitrogens with one attached hydrogen (secondary N) is 1. The number of nitrogens with zero attached hydrogens (tertiary/aromatic N) is 4. The van der Waals surface area contributed by atoms with Crippen molar-refractivity contribution in [2.45, 2.75) is 36.6 Å². The number of para-hydroxylation sites is 1. The molecule has 0 saturated carbocycles. The lowest BCUT2D eigenvalue weighted by Gasteiger charge is -2.28. The van der Waals surface area contributed by atoms with E-state index < -0.39 is 15.3 Å². The maximum Gasteiger partial charge on any atom is 0.232 e. The van der Waals surface area contributed by atoms with Gasteiger partial charge in [-0.1, -0.05) is 30.0 Å². The van der Waals surface area contributed by atoms with E-state index in [1.54, 1.807) is 24.3 Å². The first-order valence-electron chi connectivity index (χ1n) is 10.9. The molecule has 1 atom stereocenters. The summed E-state index contributed by atoms with van der Waals surface area (Å²) in [7, 11) is -3.37. The van der Waals surface area contributed by atoms with Gasteiger partial charge in [0.15, 0.2) is 10.9 Å². The van der Waals surface area contributed by atoms with E-state index in [4.69, 9.17) is 0 Å². The van der Waals surface area contributed by atoms with E-state index in [1.165, 1.54) is 18.2 Å². The number of sulfonamides is 1. The van der Waals surface area contributed by atoms with Gasteiger partial charge in [-0.25, -0.2) is 8.42 Å². The van der Waals surface area contributed by atoms with Gasteiger partial charge in [-0.3, -0.25) is 14.1 Å². The normalized spacial score (nSPS) is 15.3. The number of aromatic nitrogens is 3. The average molecular weight is 486 g/mol. The first kappa shape index (κ1) is 23.3. The van der Waals surface area contributed by atoms with E-state index in [2.05, 4.69) is 19.8 Å². The van der Waals surface area contributed by atoms with Crippen molar-refractivity contribution in [2.24, 2.45) is 0 Å². The van der Waals surface area contributed by atoms with Gasteiger partial charge < -0.3 is 4.90 Å². The van der Waals surface area contributed by atoms with Crippen LogP contribution in [-0.4, -0.2) is 53.6 Å². The van der Waals surface area contributed by atoms with Crippen LogP contribution in [0.1, 0.15) is 36.5 Å². The summed E-state index contributed by atoms with van der Waals surface area (Å²) < 4.78 is 27.2. The van der Waals surface area contributed by atoms with Crippen molar-refractivity contribution in [3.05, 3.63) is 60.2 Å². The van der Waals surface area contributed by atoms with Gasteiger partial charge in [0, 0.05) is 24.3 Å². The third kappa shape index (κ3) is 5.75. The second kappa shape index (κ2) is 9.96. The highest BCUT2D eigenvalue weighted by atomic mass is 32.2. The van der Waals surface area contributed by atoms with Crippen molar-refractivity contribution >= 4 is 39.2 Å². The highest BCUT2D eigenvalue weighted by molar-refractivity contribution is 8.00. The molecule has 8 nitrogen and oxygen atoms in total. The fraction of sp³-hybridized carbons (Fsp3) is 0.348. The molecular formula is C23H27N5O3S2. The van der Waals surface area contributed by atoms with E-state index in [0.717, 1.165) is 43.8 Å². The Morgan fingerprint density at radius 3 is 2.30 bits per heavy atom. The summed E-state index contributed by atoms with van der Waals surface area (Å²) in [6.07, 6.45) is 4.57. The van der Waals surface area contributed by atoms with Crippen LogP contribution in [0.25, 0.3) is 5.69 Å². The SMILES string of the molecule is CC(Sc1nnc(N2CCCCC2)n1-c1ccccc1)C(=O)c1ccc(NS(C)(=O)=O)cc1. The lowest BCUT2D eigenvalue weighted by atomic mass is 10.1. The van der Waals surface area contributed by atoms with Crippen molar-refractivity contribution in [1.29, 1.82) is 0 Å². The number of anilines is 2. The number of benzene rings is 2. The van der Waals surface area contributed by atoms with E-state index in [0.29, 0.717) is 16.4 Å². The molecule has 1 aromatic heterocycles. The molecule has 1 unspecified atom stereocenters. The smallest absolute Gasteiger partial charge is 0.232 e. The van der Waals surface area contributed by atoms with Crippen molar-refractivity contribution in [3.8, 4) is 5.69 Å². The van der Waals surface area contributed by atoms with Crippen LogP contribution in [0.4, 0.5) is 11.6 Å².